The number of rotatable bonds is 62. The first-order chi connectivity index (χ1) is 40.9. The van der Waals surface area contributed by atoms with Gasteiger partial charge in [0.25, 0.3) is 7.82 Å². The summed E-state index contributed by atoms with van der Waals surface area (Å²) in [4.78, 5) is 40.1. The zero-order valence-electron chi connectivity index (χ0n) is 55.3. The van der Waals surface area contributed by atoms with Gasteiger partial charge in [0.15, 0.2) is 0 Å². The number of unbranched alkanes of at least 4 members (excludes halogenated alkanes) is 30. The maximum atomic E-state index is 13.6. The first-order valence-corrected chi connectivity index (χ1v) is 36.2. The SMILES string of the molecule is CCCCC/C=C\C/C=C\C/C=C\C/C=C\CCCCCCCCCCCCCC(=O)NC(COP(=O)([O-])OCC[N+](C)(C)C)C(/C=C\CCCCCCCCCCCC)OC(=O)CCCCC/C=C\C/C=C\C/C=C\C/C=C\CCCCC. The lowest BCUT2D eigenvalue weighted by atomic mass is 10.0. The van der Waals surface area contributed by atoms with Crippen LogP contribution >= 0.6 is 7.82 Å². The lowest BCUT2D eigenvalue weighted by Crippen LogP contribution is -2.47. The fourth-order valence-electron chi connectivity index (χ4n) is 9.55. The largest absolute Gasteiger partial charge is 0.756 e. The van der Waals surface area contributed by atoms with Crippen LogP contribution in [0.5, 0.6) is 0 Å². The molecule has 0 heterocycles. The van der Waals surface area contributed by atoms with Crippen molar-refractivity contribution < 1.29 is 37.3 Å². The van der Waals surface area contributed by atoms with E-state index < -0.39 is 26.6 Å². The molecule has 0 aliphatic carbocycles. The number of amides is 1. The number of ether oxygens (including phenoxy) is 1. The number of quaternary nitrogens is 1. The molecule has 0 aliphatic heterocycles. The summed E-state index contributed by atoms with van der Waals surface area (Å²) in [5.41, 5.74) is 0. The molecular formula is C74H131N2O7P. The molecule has 84 heavy (non-hydrogen) atoms. The first kappa shape index (κ1) is 80.7. The van der Waals surface area contributed by atoms with Crippen molar-refractivity contribution in [1.82, 2.24) is 5.32 Å². The molecule has 0 aliphatic rings. The minimum Gasteiger partial charge on any atom is -0.756 e. The standard InChI is InChI=1S/C74H131N2O7P/c1-7-10-13-16-19-22-25-28-30-32-34-35-36-37-38-39-40-41-43-44-46-48-51-54-57-60-63-66-73(77)75-71(70-82-84(79,80)81-69-68-76(4,5)6)72(65-62-59-56-53-50-27-24-21-18-15-12-9-3)83-74(78)67-64-61-58-55-52-49-47-45-42-33-31-29-26-23-20-17-14-11-8-2/h19-20,22-23,28-31,34-35,37-38,42,45,49,52,62,65,71-72H,7-18,21,24-27,32-33,36,39-41,43-44,46-48,50-51,53-61,63-64,66-70H2,1-6H3,(H-,75,77,79,80)/b22-19-,23-20-,30-28-,31-29-,35-34-,38-37-,45-42-,52-49-,65-62-. The Bertz CT molecular complexity index is 1810. The summed E-state index contributed by atoms with van der Waals surface area (Å²) in [6, 6.07) is -0.911. The third-order valence-corrected chi connectivity index (χ3v) is 15.9. The van der Waals surface area contributed by atoms with Crippen molar-refractivity contribution in [3.05, 3.63) is 109 Å². The van der Waals surface area contributed by atoms with E-state index in [4.69, 9.17) is 13.8 Å². The highest BCUT2D eigenvalue weighted by molar-refractivity contribution is 7.45. The lowest BCUT2D eigenvalue weighted by molar-refractivity contribution is -0.870. The molecule has 0 aromatic carbocycles. The van der Waals surface area contributed by atoms with E-state index in [1.54, 1.807) is 0 Å². The van der Waals surface area contributed by atoms with Crippen molar-refractivity contribution in [3.8, 4) is 0 Å². The Balaban J connectivity index is 5.14. The summed E-state index contributed by atoms with van der Waals surface area (Å²) < 4.78 is 30.4. The van der Waals surface area contributed by atoms with Gasteiger partial charge >= 0.3 is 5.97 Å². The van der Waals surface area contributed by atoms with Gasteiger partial charge in [0, 0.05) is 12.8 Å². The van der Waals surface area contributed by atoms with Crippen LogP contribution in [0.25, 0.3) is 0 Å². The highest BCUT2D eigenvalue weighted by atomic mass is 31.2. The molecular weight excluding hydrogens is 1060 g/mol. The first-order valence-electron chi connectivity index (χ1n) is 34.7. The van der Waals surface area contributed by atoms with Crippen LogP contribution in [0.1, 0.15) is 297 Å². The number of carbonyl (C=O) groups excluding carboxylic acids is 2. The maximum Gasteiger partial charge on any atom is 0.306 e. The van der Waals surface area contributed by atoms with Crippen LogP contribution in [0.15, 0.2) is 109 Å². The summed E-state index contributed by atoms with van der Waals surface area (Å²) >= 11 is 0. The number of phosphoric ester groups is 1. The second kappa shape index (κ2) is 62.7. The molecule has 0 bridgehead atoms. The number of hydrogen-bond acceptors (Lipinski definition) is 7. The van der Waals surface area contributed by atoms with E-state index in [-0.39, 0.29) is 24.9 Å². The van der Waals surface area contributed by atoms with E-state index in [0.29, 0.717) is 23.9 Å². The van der Waals surface area contributed by atoms with Gasteiger partial charge in [0.1, 0.15) is 19.3 Å². The number of hydrogen-bond donors (Lipinski definition) is 1. The number of phosphoric acid groups is 1. The Kier molecular flexibility index (Phi) is 60.2. The molecule has 0 saturated heterocycles. The molecule has 3 atom stereocenters. The van der Waals surface area contributed by atoms with Crippen LogP contribution in [0.4, 0.5) is 0 Å². The molecule has 0 aromatic rings. The molecule has 3 unspecified atom stereocenters. The Labute approximate surface area is 519 Å². The summed E-state index contributed by atoms with van der Waals surface area (Å²) in [5, 5.41) is 3.03. The quantitative estimate of drug-likeness (QED) is 0.0212. The van der Waals surface area contributed by atoms with E-state index in [2.05, 4.69) is 123 Å². The van der Waals surface area contributed by atoms with Crippen LogP contribution in [0.3, 0.4) is 0 Å². The summed E-state index contributed by atoms with van der Waals surface area (Å²) in [7, 11) is 1.16. The van der Waals surface area contributed by atoms with Crippen molar-refractivity contribution in [2.45, 2.75) is 309 Å². The molecule has 0 spiro atoms. The fraction of sp³-hybridized carbons (Fsp3) is 0.730. The zero-order chi connectivity index (χ0) is 61.4. The average Bonchev–Trinajstić information content (AvgIpc) is 3.64. The smallest absolute Gasteiger partial charge is 0.306 e. The van der Waals surface area contributed by atoms with Gasteiger partial charge in [-0.2, -0.15) is 0 Å². The van der Waals surface area contributed by atoms with Gasteiger partial charge in [-0.05, 0) is 122 Å². The van der Waals surface area contributed by atoms with Crippen LogP contribution in [0, 0.1) is 0 Å². The Morgan fingerprint density at radius 3 is 1.12 bits per heavy atom. The Hall–Kier alpha value is -3.33. The Morgan fingerprint density at radius 1 is 0.417 bits per heavy atom. The van der Waals surface area contributed by atoms with Crippen molar-refractivity contribution in [2.75, 3.05) is 40.9 Å². The molecule has 0 rings (SSSR count). The fourth-order valence-corrected chi connectivity index (χ4v) is 10.3. The van der Waals surface area contributed by atoms with E-state index in [9.17, 15) is 19.0 Å². The lowest BCUT2D eigenvalue weighted by Gasteiger charge is -2.30. The highest BCUT2D eigenvalue weighted by Crippen LogP contribution is 2.38. The number of allylic oxidation sites excluding steroid dienone is 17. The summed E-state index contributed by atoms with van der Waals surface area (Å²) in [6.07, 6.45) is 86.3. The van der Waals surface area contributed by atoms with Crippen molar-refractivity contribution in [3.63, 3.8) is 0 Å². The monoisotopic (exact) mass is 1190 g/mol. The molecule has 1 N–H and O–H groups in total. The third kappa shape index (κ3) is 63.2. The topological polar surface area (TPSA) is 114 Å². The predicted octanol–water partition coefficient (Wildman–Crippen LogP) is 21.4. The number of carbonyl (C=O) groups is 2. The molecule has 484 valence electrons. The third-order valence-electron chi connectivity index (χ3n) is 14.9. The van der Waals surface area contributed by atoms with Crippen molar-refractivity contribution in [1.29, 1.82) is 0 Å². The second-order valence-electron chi connectivity index (χ2n) is 24.3. The second-order valence-corrected chi connectivity index (χ2v) is 25.7. The normalized spacial score (nSPS) is 14.2. The molecule has 10 heteroatoms. The van der Waals surface area contributed by atoms with E-state index in [0.717, 1.165) is 103 Å². The van der Waals surface area contributed by atoms with Crippen LogP contribution in [-0.4, -0.2) is 69.4 Å². The Morgan fingerprint density at radius 2 is 0.726 bits per heavy atom. The number of nitrogens with one attached hydrogen (secondary N) is 1. The molecule has 0 aromatic heterocycles. The number of likely N-dealkylation sites (N-methyl/N-ethyl adjacent to an activating group) is 1. The average molecular weight is 1190 g/mol. The van der Waals surface area contributed by atoms with Gasteiger partial charge in [0.05, 0.1) is 33.8 Å². The molecule has 9 nitrogen and oxygen atoms in total. The summed E-state index contributed by atoms with van der Waals surface area (Å²) in [5.74, 6) is -0.581. The number of nitrogens with zero attached hydrogens (tertiary/aromatic N) is 1. The van der Waals surface area contributed by atoms with Crippen LogP contribution in [-0.2, 0) is 27.9 Å². The van der Waals surface area contributed by atoms with Gasteiger partial charge in [-0.15, -0.1) is 0 Å². The highest BCUT2D eigenvalue weighted by Gasteiger charge is 2.27. The van der Waals surface area contributed by atoms with Crippen molar-refractivity contribution >= 4 is 19.7 Å². The molecule has 0 fully saturated rings. The molecule has 0 saturated carbocycles. The zero-order valence-corrected chi connectivity index (χ0v) is 56.2. The van der Waals surface area contributed by atoms with Gasteiger partial charge < -0.3 is 28.5 Å². The van der Waals surface area contributed by atoms with Gasteiger partial charge in [-0.3, -0.25) is 14.2 Å². The van der Waals surface area contributed by atoms with Crippen molar-refractivity contribution in [2.24, 2.45) is 0 Å². The number of esters is 1. The minimum atomic E-state index is -4.72. The van der Waals surface area contributed by atoms with Gasteiger partial charge in [-0.25, -0.2) is 0 Å². The van der Waals surface area contributed by atoms with Gasteiger partial charge in [-0.1, -0.05) is 272 Å². The molecule has 0 radical (unpaired) electrons. The van der Waals surface area contributed by atoms with Gasteiger partial charge in [0.2, 0.25) is 5.91 Å². The predicted molar refractivity (Wildman–Crippen MR) is 362 cm³/mol. The van der Waals surface area contributed by atoms with E-state index in [1.807, 2.05) is 33.3 Å². The van der Waals surface area contributed by atoms with Crippen LogP contribution < -0.4 is 10.2 Å². The maximum absolute atomic E-state index is 13.6. The molecule has 1 amide bonds. The minimum absolute atomic E-state index is 0.0330. The summed E-state index contributed by atoms with van der Waals surface area (Å²) in [6.45, 7) is 6.77. The van der Waals surface area contributed by atoms with Crippen LogP contribution in [0.2, 0.25) is 0 Å². The van der Waals surface area contributed by atoms with E-state index in [1.165, 1.54) is 154 Å². The van der Waals surface area contributed by atoms with E-state index >= 15 is 0 Å².